The van der Waals surface area contributed by atoms with Crippen LogP contribution in [0.25, 0.3) is 0 Å². The minimum atomic E-state index is -0.777. The second-order valence-electron chi connectivity index (χ2n) is 4.73. The number of carbonyl (C=O) groups excluding carboxylic acids is 1. The van der Waals surface area contributed by atoms with Gasteiger partial charge in [0.05, 0.1) is 5.56 Å². The van der Waals surface area contributed by atoms with Gasteiger partial charge in [-0.1, -0.05) is 0 Å². The minimum absolute atomic E-state index is 0.0355. The number of likely N-dealkylation sites (tertiary alicyclic amines) is 1. The molecule has 1 aliphatic rings. The molecule has 1 aliphatic heterocycles. The zero-order valence-corrected chi connectivity index (χ0v) is 12.0. The number of rotatable bonds is 4. The third kappa shape index (κ3) is 3.76. The number of aromatic nitrogens is 1. The second kappa shape index (κ2) is 6.14. The maximum Gasteiger partial charge on any atom is 0.303 e. The van der Waals surface area contributed by atoms with E-state index in [2.05, 4.69) is 20.9 Å². The van der Waals surface area contributed by atoms with E-state index in [1.807, 2.05) is 0 Å². The van der Waals surface area contributed by atoms with E-state index in [1.54, 1.807) is 23.4 Å². The molecule has 2 heterocycles. The summed E-state index contributed by atoms with van der Waals surface area (Å²) >= 11 is 3.29. The van der Waals surface area contributed by atoms with Crippen molar-refractivity contribution < 1.29 is 14.7 Å². The van der Waals surface area contributed by atoms with Crippen LogP contribution in [0.4, 0.5) is 0 Å². The first-order valence-electron chi connectivity index (χ1n) is 6.18. The van der Waals surface area contributed by atoms with Crippen molar-refractivity contribution in [2.24, 2.45) is 5.92 Å². The standard InChI is InChI=1S/C13H15BrN2O3/c14-11-5-10(6-15-7-11)13(19)16-4-3-9(8-16)1-2-12(17)18/h5-7,9H,1-4,8H2,(H,17,18). The Morgan fingerprint density at radius 2 is 2.26 bits per heavy atom. The second-order valence-corrected chi connectivity index (χ2v) is 5.65. The van der Waals surface area contributed by atoms with Crippen molar-refractivity contribution in [1.29, 1.82) is 0 Å². The third-order valence-corrected chi connectivity index (χ3v) is 3.73. The van der Waals surface area contributed by atoms with E-state index in [4.69, 9.17) is 5.11 Å². The maximum absolute atomic E-state index is 12.2. The first-order chi connectivity index (χ1) is 9.06. The van der Waals surface area contributed by atoms with Gasteiger partial charge in [-0.2, -0.15) is 0 Å². The highest BCUT2D eigenvalue weighted by molar-refractivity contribution is 9.10. The summed E-state index contributed by atoms with van der Waals surface area (Å²) in [6, 6.07) is 1.75. The van der Waals surface area contributed by atoms with E-state index in [-0.39, 0.29) is 12.3 Å². The summed E-state index contributed by atoms with van der Waals surface area (Å²) in [6.07, 6.45) is 4.87. The quantitative estimate of drug-likeness (QED) is 0.920. The molecule has 1 N–H and O–H groups in total. The molecule has 19 heavy (non-hydrogen) atoms. The summed E-state index contributed by atoms with van der Waals surface area (Å²) in [5, 5.41) is 8.66. The molecule has 1 aromatic heterocycles. The van der Waals surface area contributed by atoms with E-state index in [0.29, 0.717) is 31.0 Å². The predicted molar refractivity (Wildman–Crippen MR) is 72.8 cm³/mol. The maximum atomic E-state index is 12.2. The van der Waals surface area contributed by atoms with Crippen molar-refractivity contribution in [3.63, 3.8) is 0 Å². The molecule has 1 fully saturated rings. The van der Waals surface area contributed by atoms with Crippen LogP contribution in [0.5, 0.6) is 0 Å². The molecule has 0 spiro atoms. The van der Waals surface area contributed by atoms with Gasteiger partial charge in [0.25, 0.3) is 5.91 Å². The lowest BCUT2D eigenvalue weighted by Gasteiger charge is -2.16. The summed E-state index contributed by atoms with van der Waals surface area (Å²) in [4.78, 5) is 28.5. The number of carboxylic acid groups (broad SMARTS) is 1. The van der Waals surface area contributed by atoms with Crippen molar-refractivity contribution in [1.82, 2.24) is 9.88 Å². The largest absolute Gasteiger partial charge is 0.481 e. The van der Waals surface area contributed by atoms with Gasteiger partial charge < -0.3 is 10.0 Å². The van der Waals surface area contributed by atoms with Gasteiger partial charge in [-0.15, -0.1) is 0 Å². The Bertz CT molecular complexity index is 493. The van der Waals surface area contributed by atoms with E-state index in [9.17, 15) is 9.59 Å². The third-order valence-electron chi connectivity index (χ3n) is 3.29. The van der Waals surface area contributed by atoms with Crippen molar-refractivity contribution in [3.8, 4) is 0 Å². The molecule has 1 atom stereocenters. The Balaban J connectivity index is 1.93. The Morgan fingerprint density at radius 1 is 1.47 bits per heavy atom. The molecule has 1 unspecified atom stereocenters. The van der Waals surface area contributed by atoms with Gasteiger partial charge in [-0.05, 0) is 40.8 Å². The molecule has 5 nitrogen and oxygen atoms in total. The molecule has 1 saturated heterocycles. The first-order valence-corrected chi connectivity index (χ1v) is 6.97. The number of hydrogen-bond acceptors (Lipinski definition) is 3. The molecule has 0 saturated carbocycles. The number of carboxylic acids is 1. The number of halogens is 1. The number of nitrogens with zero attached hydrogens (tertiary/aromatic N) is 2. The van der Waals surface area contributed by atoms with Crippen LogP contribution in [0.3, 0.4) is 0 Å². The number of amides is 1. The Hall–Kier alpha value is -1.43. The van der Waals surface area contributed by atoms with Crippen LogP contribution in [0, 0.1) is 5.92 Å². The van der Waals surface area contributed by atoms with Crippen molar-refractivity contribution >= 4 is 27.8 Å². The molecule has 0 radical (unpaired) electrons. The number of pyridine rings is 1. The zero-order chi connectivity index (χ0) is 13.8. The number of aliphatic carboxylic acids is 1. The van der Waals surface area contributed by atoms with Crippen LogP contribution in [0.2, 0.25) is 0 Å². The van der Waals surface area contributed by atoms with E-state index >= 15 is 0 Å². The van der Waals surface area contributed by atoms with Crippen LogP contribution >= 0.6 is 15.9 Å². The van der Waals surface area contributed by atoms with Gasteiger partial charge in [-0.3, -0.25) is 14.6 Å². The van der Waals surface area contributed by atoms with Crippen LogP contribution in [0.15, 0.2) is 22.9 Å². The molecule has 1 aromatic rings. The summed E-state index contributed by atoms with van der Waals surface area (Å²) in [7, 11) is 0. The van der Waals surface area contributed by atoms with Crippen LogP contribution in [0.1, 0.15) is 29.6 Å². The SMILES string of the molecule is O=C(O)CCC1CCN(C(=O)c2cncc(Br)c2)C1. The Morgan fingerprint density at radius 3 is 2.95 bits per heavy atom. The Kier molecular flexibility index (Phi) is 4.52. The van der Waals surface area contributed by atoms with Crippen LogP contribution in [-0.4, -0.2) is 40.0 Å². The van der Waals surface area contributed by atoms with Gasteiger partial charge in [0.1, 0.15) is 0 Å². The lowest BCUT2D eigenvalue weighted by Crippen LogP contribution is -2.28. The normalized spacial score (nSPS) is 18.6. The van der Waals surface area contributed by atoms with Crippen molar-refractivity contribution in [3.05, 3.63) is 28.5 Å². The minimum Gasteiger partial charge on any atom is -0.481 e. The average molecular weight is 327 g/mol. The molecular formula is C13H15BrN2O3. The average Bonchev–Trinajstić information content (AvgIpc) is 2.84. The zero-order valence-electron chi connectivity index (χ0n) is 10.4. The summed E-state index contributed by atoms with van der Waals surface area (Å²) < 4.78 is 0.778. The van der Waals surface area contributed by atoms with Crippen molar-refractivity contribution in [2.45, 2.75) is 19.3 Å². The molecule has 2 rings (SSSR count). The number of hydrogen-bond donors (Lipinski definition) is 1. The molecule has 0 bridgehead atoms. The van der Waals surface area contributed by atoms with Crippen molar-refractivity contribution in [2.75, 3.05) is 13.1 Å². The van der Waals surface area contributed by atoms with Gasteiger partial charge in [0, 0.05) is 36.4 Å². The molecule has 102 valence electrons. The fourth-order valence-corrected chi connectivity index (χ4v) is 2.66. The lowest BCUT2D eigenvalue weighted by molar-refractivity contribution is -0.137. The van der Waals surface area contributed by atoms with E-state index in [1.165, 1.54) is 0 Å². The van der Waals surface area contributed by atoms with Gasteiger partial charge >= 0.3 is 5.97 Å². The first kappa shape index (κ1) is 14.0. The molecule has 0 aliphatic carbocycles. The Labute approximate surface area is 119 Å². The van der Waals surface area contributed by atoms with E-state index < -0.39 is 5.97 Å². The highest BCUT2D eigenvalue weighted by Gasteiger charge is 2.27. The van der Waals surface area contributed by atoms with E-state index in [0.717, 1.165) is 10.9 Å². The molecule has 1 amide bonds. The smallest absolute Gasteiger partial charge is 0.303 e. The molecule has 6 heteroatoms. The fraction of sp³-hybridized carbons (Fsp3) is 0.462. The summed E-state index contributed by atoms with van der Waals surface area (Å²) in [6.45, 7) is 1.33. The van der Waals surface area contributed by atoms with Crippen LogP contribution in [-0.2, 0) is 4.79 Å². The number of carbonyl (C=O) groups is 2. The summed E-state index contributed by atoms with van der Waals surface area (Å²) in [5.74, 6) is -0.521. The predicted octanol–water partition coefficient (Wildman–Crippen LogP) is 2.17. The topological polar surface area (TPSA) is 70.5 Å². The monoisotopic (exact) mass is 326 g/mol. The highest BCUT2D eigenvalue weighted by atomic mass is 79.9. The van der Waals surface area contributed by atoms with Gasteiger partial charge in [0.15, 0.2) is 0 Å². The van der Waals surface area contributed by atoms with Gasteiger partial charge in [0.2, 0.25) is 0 Å². The highest BCUT2D eigenvalue weighted by Crippen LogP contribution is 2.23. The fourth-order valence-electron chi connectivity index (χ4n) is 2.29. The summed E-state index contributed by atoms with van der Waals surface area (Å²) in [5.41, 5.74) is 0.563. The van der Waals surface area contributed by atoms with Gasteiger partial charge in [-0.25, -0.2) is 0 Å². The van der Waals surface area contributed by atoms with Crippen LogP contribution < -0.4 is 0 Å². The lowest BCUT2D eigenvalue weighted by atomic mass is 10.0. The molecule has 0 aromatic carbocycles. The molecular weight excluding hydrogens is 312 g/mol.